The number of rotatable bonds is 12. The molecule has 2 N–H and O–H groups in total. The lowest BCUT2D eigenvalue weighted by molar-refractivity contribution is 0.0171. The molecule has 8 heteroatoms. The number of nitrogens with one attached hydrogen (secondary N) is 2. The molecule has 2 heterocycles. The molecule has 2 fully saturated rings. The molecule has 0 amide bonds. The van der Waals surface area contributed by atoms with Crippen molar-refractivity contribution in [3.63, 3.8) is 0 Å². The normalized spacial score (nSPS) is 19.6. The maximum atomic E-state index is 5.72. The zero-order valence-corrected chi connectivity index (χ0v) is 22.0. The zero-order valence-electron chi connectivity index (χ0n) is 19.6. The summed E-state index contributed by atoms with van der Waals surface area (Å²) in [6, 6.07) is 10.7. The Labute approximate surface area is 211 Å². The van der Waals surface area contributed by atoms with E-state index in [0.29, 0.717) is 6.10 Å². The fourth-order valence-corrected chi connectivity index (χ4v) is 4.07. The lowest BCUT2D eigenvalue weighted by Crippen LogP contribution is -2.47. The van der Waals surface area contributed by atoms with Gasteiger partial charge >= 0.3 is 0 Å². The number of para-hydroxylation sites is 1. The quantitative estimate of drug-likeness (QED) is 0.178. The first-order chi connectivity index (χ1) is 15.3. The molecule has 2 saturated heterocycles. The van der Waals surface area contributed by atoms with Crippen molar-refractivity contribution >= 4 is 35.6 Å². The van der Waals surface area contributed by atoms with Gasteiger partial charge in [-0.05, 0) is 51.3 Å². The second kappa shape index (κ2) is 16.5. The van der Waals surface area contributed by atoms with E-state index < -0.39 is 0 Å². The summed E-state index contributed by atoms with van der Waals surface area (Å²) >= 11 is 0. The first-order valence-electron chi connectivity index (χ1n) is 12.1. The van der Waals surface area contributed by atoms with Gasteiger partial charge in [0.1, 0.15) is 0 Å². The SMILES string of the molecule is CCNC(=NCCCOCC1CCCO1)NCCCN1CCN(c2ccccc2)CC1.I. The molecular weight excluding hydrogens is 517 g/mol. The molecule has 1 unspecified atom stereocenters. The molecule has 0 bridgehead atoms. The van der Waals surface area contributed by atoms with Gasteiger partial charge < -0.3 is 25.0 Å². The lowest BCUT2D eigenvalue weighted by atomic mass is 10.2. The van der Waals surface area contributed by atoms with E-state index in [1.54, 1.807) is 0 Å². The van der Waals surface area contributed by atoms with Crippen LogP contribution in [0.25, 0.3) is 0 Å². The fourth-order valence-electron chi connectivity index (χ4n) is 4.07. The third kappa shape index (κ3) is 10.2. The molecule has 32 heavy (non-hydrogen) atoms. The van der Waals surface area contributed by atoms with Gasteiger partial charge in [0.2, 0.25) is 0 Å². The molecule has 0 saturated carbocycles. The van der Waals surface area contributed by atoms with E-state index in [4.69, 9.17) is 9.47 Å². The average Bonchev–Trinajstić information content (AvgIpc) is 3.33. The molecule has 0 aromatic heterocycles. The standard InChI is InChI=1S/C24H41N5O2.HI/c1-2-25-24(27-13-8-19-30-21-23-11-6-20-31-23)26-12-7-14-28-15-17-29(18-16-28)22-9-4-3-5-10-22;/h3-5,9-10,23H,2,6-8,11-21H2,1H3,(H2,25,26,27);1H. The Balaban J connectivity index is 0.00000363. The van der Waals surface area contributed by atoms with Crippen molar-refractivity contribution in [2.45, 2.75) is 38.7 Å². The number of hydrogen-bond donors (Lipinski definition) is 2. The molecule has 7 nitrogen and oxygen atoms in total. The Bertz CT molecular complexity index is 620. The summed E-state index contributed by atoms with van der Waals surface area (Å²) in [5.41, 5.74) is 1.34. The second-order valence-electron chi connectivity index (χ2n) is 8.27. The van der Waals surface area contributed by atoms with Crippen LogP contribution in [0.3, 0.4) is 0 Å². The van der Waals surface area contributed by atoms with Crippen molar-refractivity contribution in [2.24, 2.45) is 4.99 Å². The van der Waals surface area contributed by atoms with Gasteiger partial charge in [0, 0.05) is 64.7 Å². The summed E-state index contributed by atoms with van der Waals surface area (Å²) < 4.78 is 11.3. The van der Waals surface area contributed by atoms with E-state index in [1.165, 1.54) is 12.1 Å². The molecule has 2 aliphatic heterocycles. The highest BCUT2D eigenvalue weighted by molar-refractivity contribution is 14.0. The van der Waals surface area contributed by atoms with E-state index in [-0.39, 0.29) is 24.0 Å². The second-order valence-corrected chi connectivity index (χ2v) is 8.27. The Morgan fingerprint density at radius 1 is 1.12 bits per heavy atom. The summed E-state index contributed by atoms with van der Waals surface area (Å²) in [7, 11) is 0. The number of aliphatic imine (C=N–C) groups is 1. The Kier molecular flexibility index (Phi) is 14.0. The molecule has 0 spiro atoms. The molecule has 182 valence electrons. The van der Waals surface area contributed by atoms with Crippen LogP contribution in [0, 0.1) is 0 Å². The van der Waals surface area contributed by atoms with Gasteiger partial charge in [-0.3, -0.25) is 9.89 Å². The highest BCUT2D eigenvalue weighted by Crippen LogP contribution is 2.15. The van der Waals surface area contributed by atoms with Crippen molar-refractivity contribution in [3.05, 3.63) is 30.3 Å². The zero-order chi connectivity index (χ0) is 21.6. The smallest absolute Gasteiger partial charge is 0.191 e. The minimum Gasteiger partial charge on any atom is -0.379 e. The average molecular weight is 560 g/mol. The minimum atomic E-state index is 0. The summed E-state index contributed by atoms with van der Waals surface area (Å²) in [5.74, 6) is 0.913. The van der Waals surface area contributed by atoms with Crippen LogP contribution in [0.1, 0.15) is 32.6 Å². The van der Waals surface area contributed by atoms with Crippen molar-refractivity contribution in [2.75, 3.05) is 77.1 Å². The maximum Gasteiger partial charge on any atom is 0.191 e. The van der Waals surface area contributed by atoms with Crippen LogP contribution in [-0.4, -0.2) is 89.1 Å². The highest BCUT2D eigenvalue weighted by atomic mass is 127. The third-order valence-electron chi connectivity index (χ3n) is 5.83. The predicted octanol–water partition coefficient (Wildman–Crippen LogP) is 2.96. The van der Waals surface area contributed by atoms with Crippen LogP contribution >= 0.6 is 24.0 Å². The fraction of sp³-hybridized carbons (Fsp3) is 0.708. The van der Waals surface area contributed by atoms with Crippen molar-refractivity contribution in [3.8, 4) is 0 Å². The molecule has 1 aromatic carbocycles. The number of anilines is 1. The van der Waals surface area contributed by atoms with Crippen LogP contribution in [0.5, 0.6) is 0 Å². The summed E-state index contributed by atoms with van der Waals surface area (Å²) in [6.45, 7) is 12.7. The minimum absolute atomic E-state index is 0. The number of benzene rings is 1. The summed E-state index contributed by atoms with van der Waals surface area (Å²) in [5, 5.41) is 6.81. The molecule has 1 aromatic rings. The maximum absolute atomic E-state index is 5.72. The largest absolute Gasteiger partial charge is 0.379 e. The van der Waals surface area contributed by atoms with Crippen molar-refractivity contribution in [1.29, 1.82) is 0 Å². The Hall–Kier alpha value is -1.10. The monoisotopic (exact) mass is 559 g/mol. The predicted molar refractivity (Wildman–Crippen MR) is 144 cm³/mol. The van der Waals surface area contributed by atoms with Gasteiger partial charge in [0.25, 0.3) is 0 Å². The topological polar surface area (TPSA) is 61.4 Å². The van der Waals surface area contributed by atoms with Crippen LogP contribution in [0.15, 0.2) is 35.3 Å². The van der Waals surface area contributed by atoms with E-state index in [9.17, 15) is 0 Å². The highest BCUT2D eigenvalue weighted by Gasteiger charge is 2.16. The number of nitrogens with zero attached hydrogens (tertiary/aromatic N) is 3. The van der Waals surface area contributed by atoms with E-state index in [1.807, 2.05) is 0 Å². The van der Waals surface area contributed by atoms with Gasteiger partial charge in [-0.15, -0.1) is 24.0 Å². The number of guanidine groups is 1. The molecule has 0 aliphatic carbocycles. The Morgan fingerprint density at radius 3 is 2.66 bits per heavy atom. The first kappa shape index (κ1) is 27.1. The van der Waals surface area contributed by atoms with Crippen LogP contribution in [-0.2, 0) is 9.47 Å². The molecule has 2 aliphatic rings. The Morgan fingerprint density at radius 2 is 1.94 bits per heavy atom. The molecule has 0 radical (unpaired) electrons. The van der Waals surface area contributed by atoms with Gasteiger partial charge in [0.05, 0.1) is 12.7 Å². The van der Waals surface area contributed by atoms with Crippen molar-refractivity contribution in [1.82, 2.24) is 15.5 Å². The summed E-state index contributed by atoms with van der Waals surface area (Å²) in [6.07, 6.45) is 4.67. The number of ether oxygens (including phenoxy) is 2. The van der Waals surface area contributed by atoms with E-state index in [0.717, 1.165) is 97.4 Å². The summed E-state index contributed by atoms with van der Waals surface area (Å²) in [4.78, 5) is 9.72. The van der Waals surface area contributed by atoms with Gasteiger partial charge in [-0.1, -0.05) is 18.2 Å². The van der Waals surface area contributed by atoms with E-state index in [2.05, 4.69) is 62.7 Å². The van der Waals surface area contributed by atoms with Crippen LogP contribution in [0.2, 0.25) is 0 Å². The lowest BCUT2D eigenvalue weighted by Gasteiger charge is -2.36. The number of halogens is 1. The van der Waals surface area contributed by atoms with Gasteiger partial charge in [0.15, 0.2) is 5.96 Å². The number of piperazine rings is 1. The first-order valence-corrected chi connectivity index (χ1v) is 12.1. The third-order valence-corrected chi connectivity index (χ3v) is 5.83. The van der Waals surface area contributed by atoms with Crippen LogP contribution < -0.4 is 15.5 Å². The van der Waals surface area contributed by atoms with Crippen molar-refractivity contribution < 1.29 is 9.47 Å². The number of hydrogen-bond acceptors (Lipinski definition) is 5. The van der Waals surface area contributed by atoms with Gasteiger partial charge in [-0.2, -0.15) is 0 Å². The van der Waals surface area contributed by atoms with Gasteiger partial charge in [-0.25, -0.2) is 0 Å². The molecule has 1 atom stereocenters. The molecule has 3 rings (SSSR count). The van der Waals surface area contributed by atoms with Crippen LogP contribution in [0.4, 0.5) is 5.69 Å². The molecular formula is C24H42IN5O2. The van der Waals surface area contributed by atoms with E-state index >= 15 is 0 Å².